The van der Waals surface area contributed by atoms with Gasteiger partial charge in [-0.1, -0.05) is 307 Å². The van der Waals surface area contributed by atoms with Crippen molar-refractivity contribution in [2.24, 2.45) is 0 Å². The third kappa shape index (κ3) is 66.0. The highest BCUT2D eigenvalue weighted by Crippen LogP contribution is 2.38. The highest BCUT2D eigenvalue weighted by atomic mass is 31.2. The first-order valence-electron chi connectivity index (χ1n) is 36.6. The van der Waals surface area contributed by atoms with E-state index in [2.05, 4.69) is 74.7 Å². The molecule has 0 aliphatic rings. The number of rotatable bonds is 67. The van der Waals surface area contributed by atoms with Crippen molar-refractivity contribution < 1.29 is 37.3 Å². The highest BCUT2D eigenvalue weighted by Gasteiger charge is 2.27. The molecule has 3 unspecified atom stereocenters. The second kappa shape index (κ2) is 64.7. The Morgan fingerprint density at radius 3 is 1.11 bits per heavy atom. The van der Waals surface area contributed by atoms with Gasteiger partial charge >= 0.3 is 5.97 Å². The maximum absolute atomic E-state index is 13.6. The molecule has 0 aromatic carbocycles. The summed E-state index contributed by atoms with van der Waals surface area (Å²) < 4.78 is 30.5. The molecule has 85 heavy (non-hydrogen) atoms. The van der Waals surface area contributed by atoms with Gasteiger partial charge in [-0.05, 0) is 96.0 Å². The van der Waals surface area contributed by atoms with Crippen LogP contribution in [0.3, 0.4) is 0 Å². The molecule has 0 aliphatic heterocycles. The summed E-state index contributed by atoms with van der Waals surface area (Å²) in [5, 5.41) is 3.05. The van der Waals surface area contributed by atoms with E-state index in [4.69, 9.17) is 13.8 Å². The van der Waals surface area contributed by atoms with Gasteiger partial charge in [0.05, 0.1) is 33.8 Å². The molecule has 0 aromatic rings. The van der Waals surface area contributed by atoms with Gasteiger partial charge in [0.2, 0.25) is 5.91 Å². The van der Waals surface area contributed by atoms with E-state index in [0.717, 1.165) is 70.6 Å². The van der Waals surface area contributed by atoms with E-state index in [9.17, 15) is 19.0 Å². The Hall–Kier alpha value is -2.29. The van der Waals surface area contributed by atoms with Crippen molar-refractivity contribution in [1.82, 2.24) is 5.32 Å². The van der Waals surface area contributed by atoms with Gasteiger partial charge in [-0.25, -0.2) is 0 Å². The molecule has 0 aliphatic carbocycles. The number of quaternary nitrogens is 1. The molecule has 0 rings (SSSR count). The maximum Gasteiger partial charge on any atom is 0.306 e. The third-order valence-electron chi connectivity index (χ3n) is 16.4. The predicted molar refractivity (Wildman–Crippen MR) is 367 cm³/mol. The van der Waals surface area contributed by atoms with Crippen LogP contribution in [0.2, 0.25) is 0 Å². The summed E-state index contributed by atoms with van der Waals surface area (Å²) in [4.78, 5) is 40.2. The molecule has 0 heterocycles. The van der Waals surface area contributed by atoms with Crippen LogP contribution in [0.25, 0.3) is 0 Å². The first-order chi connectivity index (χ1) is 41.4. The van der Waals surface area contributed by atoms with Crippen LogP contribution in [0, 0.1) is 0 Å². The van der Waals surface area contributed by atoms with Gasteiger partial charge in [0, 0.05) is 12.8 Å². The largest absolute Gasteiger partial charge is 0.756 e. The molecule has 0 aromatic heterocycles. The fraction of sp³-hybridized carbons (Fsp3) is 0.840. The van der Waals surface area contributed by atoms with Crippen LogP contribution in [0.15, 0.2) is 60.8 Å². The Balaban J connectivity index is 4.98. The lowest BCUT2D eigenvalue weighted by Gasteiger charge is -2.30. The monoisotopic (exact) mass is 1210 g/mol. The quantitative estimate of drug-likeness (QED) is 0.0212. The molecule has 0 spiro atoms. The number of hydrogen-bond donors (Lipinski definition) is 1. The Labute approximate surface area is 528 Å². The number of amides is 1. The zero-order valence-corrected chi connectivity index (χ0v) is 58.0. The Bertz CT molecular complexity index is 1640. The standard InChI is InChI=1S/C75H141N2O7P/c1-7-10-13-16-19-22-25-27-29-31-33-35-37-38-40-42-44-46-48-50-53-56-59-62-65-68-75(79)84-73(66-63-60-57-54-51-24-21-18-15-12-9-3)72(71-83-85(80,81)82-70-69-77(4,5)6)76-74(78)67-64-61-58-55-52-49-47-45-43-41-39-36-34-32-30-28-26-23-20-17-14-11-8-2/h19,22,27-30,33,35,63,66,72-73H,7-18,20-21,23-26,31-32,34,36-62,64-65,67-71H2,1-6H3,(H-,76,78,80,81)/b22-19-,29-27-,30-28+,35-33-,66-63+. The van der Waals surface area contributed by atoms with Gasteiger partial charge in [0.25, 0.3) is 7.82 Å². The molecule has 0 saturated carbocycles. The van der Waals surface area contributed by atoms with E-state index in [1.807, 2.05) is 33.3 Å². The van der Waals surface area contributed by atoms with Gasteiger partial charge in [-0.3, -0.25) is 14.2 Å². The number of nitrogens with zero attached hydrogens (tertiary/aromatic N) is 1. The minimum atomic E-state index is -4.70. The van der Waals surface area contributed by atoms with E-state index in [-0.39, 0.29) is 31.5 Å². The zero-order valence-electron chi connectivity index (χ0n) is 57.1. The minimum absolute atomic E-state index is 0.0221. The first-order valence-corrected chi connectivity index (χ1v) is 38.1. The Morgan fingerprint density at radius 2 is 0.718 bits per heavy atom. The molecule has 0 bridgehead atoms. The highest BCUT2D eigenvalue weighted by molar-refractivity contribution is 7.45. The lowest BCUT2D eigenvalue weighted by Crippen LogP contribution is -2.47. The smallest absolute Gasteiger partial charge is 0.306 e. The number of esters is 1. The molecule has 0 saturated heterocycles. The second-order valence-electron chi connectivity index (χ2n) is 26.1. The predicted octanol–water partition coefficient (Wildman–Crippen LogP) is 22.7. The van der Waals surface area contributed by atoms with E-state index >= 15 is 0 Å². The molecule has 1 amide bonds. The molecule has 9 nitrogen and oxygen atoms in total. The van der Waals surface area contributed by atoms with E-state index in [1.54, 1.807) is 0 Å². The summed E-state index contributed by atoms with van der Waals surface area (Å²) in [5.74, 6) is -0.530. The van der Waals surface area contributed by atoms with Gasteiger partial charge in [0.15, 0.2) is 0 Å². The normalized spacial score (nSPS) is 13.8. The zero-order chi connectivity index (χ0) is 62.1. The van der Waals surface area contributed by atoms with E-state index < -0.39 is 20.0 Å². The lowest BCUT2D eigenvalue weighted by molar-refractivity contribution is -0.870. The summed E-state index contributed by atoms with van der Waals surface area (Å²) in [7, 11) is 1.19. The topological polar surface area (TPSA) is 114 Å². The first kappa shape index (κ1) is 82.7. The fourth-order valence-electron chi connectivity index (χ4n) is 10.8. The summed E-state index contributed by atoms with van der Waals surface area (Å²) in [5.41, 5.74) is 0. The Morgan fingerprint density at radius 1 is 0.412 bits per heavy atom. The van der Waals surface area contributed by atoms with Gasteiger partial charge in [-0.2, -0.15) is 0 Å². The van der Waals surface area contributed by atoms with Crippen LogP contribution in [0.1, 0.15) is 355 Å². The lowest BCUT2D eigenvalue weighted by atomic mass is 10.0. The van der Waals surface area contributed by atoms with Crippen LogP contribution in [0.4, 0.5) is 0 Å². The number of hydrogen-bond acceptors (Lipinski definition) is 7. The average molecular weight is 1210 g/mol. The molecule has 3 atom stereocenters. The minimum Gasteiger partial charge on any atom is -0.756 e. The van der Waals surface area contributed by atoms with Crippen molar-refractivity contribution in [2.75, 3.05) is 40.9 Å². The van der Waals surface area contributed by atoms with Crippen LogP contribution in [-0.2, 0) is 27.9 Å². The summed E-state index contributed by atoms with van der Waals surface area (Å²) in [6.45, 7) is 6.85. The van der Waals surface area contributed by atoms with Crippen molar-refractivity contribution in [1.29, 1.82) is 0 Å². The maximum atomic E-state index is 13.6. The van der Waals surface area contributed by atoms with E-state index in [0.29, 0.717) is 17.4 Å². The Kier molecular flexibility index (Phi) is 62.9. The number of likely N-dealkylation sites (N-methyl/N-ethyl adjacent to an activating group) is 1. The summed E-state index contributed by atoms with van der Waals surface area (Å²) in [6, 6.07) is -0.890. The number of ether oxygens (including phenoxy) is 1. The summed E-state index contributed by atoms with van der Waals surface area (Å²) in [6.07, 6.45) is 83.5. The van der Waals surface area contributed by atoms with Crippen molar-refractivity contribution >= 4 is 19.7 Å². The molecule has 10 heteroatoms. The number of phosphoric acid groups is 1. The van der Waals surface area contributed by atoms with Crippen LogP contribution in [0.5, 0.6) is 0 Å². The average Bonchev–Trinajstić information content (AvgIpc) is 3.58. The number of unbranched alkanes of at least 4 members (excludes halogenated alkanes) is 43. The third-order valence-corrected chi connectivity index (χ3v) is 17.4. The van der Waals surface area contributed by atoms with Crippen molar-refractivity contribution in [2.45, 2.75) is 367 Å². The van der Waals surface area contributed by atoms with Crippen LogP contribution in [-0.4, -0.2) is 69.4 Å². The second-order valence-corrected chi connectivity index (χ2v) is 27.5. The molecule has 0 radical (unpaired) electrons. The van der Waals surface area contributed by atoms with Gasteiger partial charge in [0.1, 0.15) is 19.3 Å². The van der Waals surface area contributed by atoms with Gasteiger partial charge < -0.3 is 28.5 Å². The van der Waals surface area contributed by atoms with E-state index in [1.165, 1.54) is 250 Å². The summed E-state index contributed by atoms with van der Waals surface area (Å²) >= 11 is 0. The van der Waals surface area contributed by atoms with Crippen LogP contribution >= 0.6 is 7.82 Å². The number of allylic oxidation sites excluding steroid dienone is 9. The number of nitrogens with one attached hydrogen (secondary N) is 1. The van der Waals surface area contributed by atoms with Crippen molar-refractivity contribution in [3.05, 3.63) is 60.8 Å². The number of carbonyl (C=O) groups excluding carboxylic acids is 2. The number of carbonyl (C=O) groups is 2. The van der Waals surface area contributed by atoms with Gasteiger partial charge in [-0.15, -0.1) is 0 Å². The number of phosphoric ester groups is 1. The molecule has 1 N–H and O–H groups in total. The van der Waals surface area contributed by atoms with Crippen molar-refractivity contribution in [3.8, 4) is 0 Å². The fourth-order valence-corrected chi connectivity index (χ4v) is 11.5. The van der Waals surface area contributed by atoms with Crippen molar-refractivity contribution in [3.63, 3.8) is 0 Å². The molecular formula is C75H141N2O7P. The SMILES string of the molecule is CCCCC/C=C\C/C=C\C/C=C\CCCCCCCCCCCCCCC(=O)OC(/C=C/CCCCCCCCCCC)C(COP(=O)([O-])OCC[N+](C)(C)C)NC(=O)CCCCCCCCCCCCCCC/C=C/CCCCCCCC. The van der Waals surface area contributed by atoms with Crippen LogP contribution < -0.4 is 10.2 Å². The molecule has 0 fully saturated rings. The molecule has 498 valence electrons. The molecular weight excluding hydrogens is 1070 g/mol.